The minimum Gasteiger partial charge on any atom is -0.338 e. The molecule has 130 valence electrons. The van der Waals surface area contributed by atoms with Crippen molar-refractivity contribution in [2.24, 2.45) is 0 Å². The Labute approximate surface area is 147 Å². The van der Waals surface area contributed by atoms with Crippen LogP contribution in [0.4, 0.5) is 0 Å². The molecule has 0 fully saturated rings. The van der Waals surface area contributed by atoms with Crippen molar-refractivity contribution in [3.05, 3.63) is 41.7 Å². The Morgan fingerprint density at radius 3 is 2.46 bits per heavy atom. The van der Waals surface area contributed by atoms with Crippen molar-refractivity contribution < 1.29 is 4.79 Å². The predicted octanol–water partition coefficient (Wildman–Crippen LogP) is 2.60. The number of hydrogen-bond acceptors (Lipinski definition) is 5. The molecule has 0 aliphatic heterocycles. The van der Waals surface area contributed by atoms with Gasteiger partial charge in [0.2, 0.25) is 11.1 Å². The Balaban J connectivity index is 1.99. The quantitative estimate of drug-likeness (QED) is 0.664. The van der Waals surface area contributed by atoms with Crippen LogP contribution in [0.15, 0.2) is 35.5 Å². The zero-order valence-corrected chi connectivity index (χ0v) is 15.7. The molecule has 2 aromatic rings. The molecule has 1 heterocycles. The fourth-order valence-electron chi connectivity index (χ4n) is 2.29. The zero-order valence-electron chi connectivity index (χ0n) is 14.9. The van der Waals surface area contributed by atoms with Crippen molar-refractivity contribution in [2.75, 3.05) is 18.6 Å². The molecule has 1 unspecified atom stereocenters. The van der Waals surface area contributed by atoms with Gasteiger partial charge >= 0.3 is 0 Å². The first-order valence-corrected chi connectivity index (χ1v) is 8.84. The van der Waals surface area contributed by atoms with Crippen molar-refractivity contribution in [3.63, 3.8) is 0 Å². The average molecular weight is 347 g/mol. The molecule has 2 rings (SSSR count). The Morgan fingerprint density at radius 2 is 1.92 bits per heavy atom. The molecular weight excluding hydrogens is 322 g/mol. The van der Waals surface area contributed by atoms with Crippen molar-refractivity contribution in [3.8, 4) is 0 Å². The second kappa shape index (κ2) is 7.25. The summed E-state index contributed by atoms with van der Waals surface area (Å²) in [7, 11) is 1.81. The largest absolute Gasteiger partial charge is 0.338 e. The highest BCUT2D eigenvalue weighted by Crippen LogP contribution is 2.24. The number of nitrogen functional groups attached to an aromatic ring is 1. The van der Waals surface area contributed by atoms with Gasteiger partial charge in [-0.05, 0) is 12.5 Å². The van der Waals surface area contributed by atoms with Gasteiger partial charge in [0.25, 0.3) is 0 Å². The molecule has 0 aliphatic carbocycles. The predicted molar refractivity (Wildman–Crippen MR) is 97.2 cm³/mol. The van der Waals surface area contributed by atoms with Crippen molar-refractivity contribution in [2.45, 2.75) is 44.3 Å². The first-order chi connectivity index (χ1) is 11.2. The summed E-state index contributed by atoms with van der Waals surface area (Å²) in [6.45, 7) is 8.08. The van der Waals surface area contributed by atoms with Crippen molar-refractivity contribution in [1.82, 2.24) is 19.8 Å². The standard InChI is InChI=1S/C17H25N5OS/c1-12(13-9-7-6-8-10-13)21(5)14(23)11-24-16-20-19-15(22(16)18)17(2,3)4/h6-10,12H,11,18H2,1-5H3. The number of carbonyl (C=O) groups is 1. The lowest BCUT2D eigenvalue weighted by atomic mass is 9.96. The van der Waals surface area contributed by atoms with Crippen LogP contribution in [0.3, 0.4) is 0 Å². The number of benzene rings is 1. The Morgan fingerprint density at radius 1 is 1.29 bits per heavy atom. The van der Waals surface area contributed by atoms with Crippen LogP contribution in [0.1, 0.15) is 45.1 Å². The van der Waals surface area contributed by atoms with Crippen LogP contribution in [0, 0.1) is 0 Å². The summed E-state index contributed by atoms with van der Waals surface area (Å²) in [5.41, 5.74) is 0.916. The van der Waals surface area contributed by atoms with E-state index >= 15 is 0 Å². The van der Waals surface area contributed by atoms with Gasteiger partial charge in [-0.15, -0.1) is 10.2 Å². The van der Waals surface area contributed by atoms with Crippen molar-refractivity contribution in [1.29, 1.82) is 0 Å². The number of carbonyl (C=O) groups excluding carboxylic acids is 1. The lowest BCUT2D eigenvalue weighted by Crippen LogP contribution is -2.31. The number of nitrogens with two attached hydrogens (primary N) is 1. The molecule has 0 saturated carbocycles. The molecule has 7 heteroatoms. The third-order valence-electron chi connectivity index (χ3n) is 3.92. The van der Waals surface area contributed by atoms with Crippen LogP contribution in [0.2, 0.25) is 0 Å². The fraction of sp³-hybridized carbons (Fsp3) is 0.471. The Hall–Kier alpha value is -2.02. The van der Waals surface area contributed by atoms with Gasteiger partial charge in [-0.3, -0.25) is 4.79 Å². The van der Waals surface area contributed by atoms with E-state index in [4.69, 9.17) is 5.84 Å². The SMILES string of the molecule is CC(c1ccccc1)N(C)C(=O)CSc1nnc(C(C)(C)C)n1N. The van der Waals surface area contributed by atoms with E-state index in [0.29, 0.717) is 11.0 Å². The molecule has 1 atom stereocenters. The van der Waals surface area contributed by atoms with Gasteiger partial charge in [-0.25, -0.2) is 4.68 Å². The molecule has 6 nitrogen and oxygen atoms in total. The van der Waals surface area contributed by atoms with E-state index in [-0.39, 0.29) is 23.1 Å². The van der Waals surface area contributed by atoms with Crippen LogP contribution in [-0.4, -0.2) is 38.5 Å². The molecule has 0 bridgehead atoms. The van der Waals surface area contributed by atoms with E-state index in [2.05, 4.69) is 10.2 Å². The van der Waals surface area contributed by atoms with E-state index in [1.165, 1.54) is 16.4 Å². The average Bonchev–Trinajstić information content (AvgIpc) is 2.93. The first kappa shape index (κ1) is 18.3. The van der Waals surface area contributed by atoms with E-state index in [1.54, 1.807) is 4.90 Å². The van der Waals surface area contributed by atoms with Gasteiger partial charge in [-0.2, -0.15) is 0 Å². The summed E-state index contributed by atoms with van der Waals surface area (Å²) < 4.78 is 1.47. The molecule has 0 radical (unpaired) electrons. The Bertz CT molecular complexity index is 693. The summed E-state index contributed by atoms with van der Waals surface area (Å²) >= 11 is 1.31. The highest BCUT2D eigenvalue weighted by atomic mass is 32.2. The maximum atomic E-state index is 12.5. The second-order valence-corrected chi connectivity index (χ2v) is 7.75. The monoisotopic (exact) mass is 347 g/mol. The summed E-state index contributed by atoms with van der Waals surface area (Å²) in [6.07, 6.45) is 0. The van der Waals surface area contributed by atoms with Gasteiger partial charge in [-0.1, -0.05) is 62.9 Å². The highest BCUT2D eigenvalue weighted by Gasteiger charge is 2.24. The third-order valence-corrected chi connectivity index (χ3v) is 4.84. The smallest absolute Gasteiger partial charge is 0.233 e. The summed E-state index contributed by atoms with van der Waals surface area (Å²) in [6, 6.07) is 9.98. The number of thioether (sulfide) groups is 1. The minimum absolute atomic E-state index is 0.0141. The van der Waals surface area contributed by atoms with Crippen LogP contribution in [-0.2, 0) is 10.2 Å². The van der Waals surface area contributed by atoms with Gasteiger partial charge in [0.15, 0.2) is 5.82 Å². The molecule has 0 spiro atoms. The van der Waals surface area contributed by atoms with Crippen LogP contribution < -0.4 is 5.84 Å². The second-order valence-electron chi connectivity index (χ2n) is 6.81. The number of nitrogens with zero attached hydrogens (tertiary/aromatic N) is 4. The molecule has 1 amide bonds. The van der Waals surface area contributed by atoms with Crippen LogP contribution in [0.25, 0.3) is 0 Å². The van der Waals surface area contributed by atoms with E-state index in [9.17, 15) is 4.79 Å². The molecule has 2 N–H and O–H groups in total. The molecule has 0 aliphatic rings. The molecule has 1 aromatic heterocycles. The lowest BCUT2D eigenvalue weighted by Gasteiger charge is -2.25. The minimum atomic E-state index is -0.191. The van der Waals surface area contributed by atoms with E-state index in [0.717, 1.165) is 5.56 Å². The first-order valence-electron chi connectivity index (χ1n) is 7.86. The maximum absolute atomic E-state index is 12.5. The number of aromatic nitrogens is 3. The third kappa shape index (κ3) is 4.08. The molecule has 1 aromatic carbocycles. The van der Waals surface area contributed by atoms with Gasteiger partial charge in [0, 0.05) is 12.5 Å². The highest BCUT2D eigenvalue weighted by molar-refractivity contribution is 7.99. The van der Waals surface area contributed by atoms with E-state index < -0.39 is 0 Å². The lowest BCUT2D eigenvalue weighted by molar-refractivity contribution is -0.128. The normalized spacial score (nSPS) is 12.9. The Kier molecular flexibility index (Phi) is 5.54. The summed E-state index contributed by atoms with van der Waals surface area (Å²) in [4.78, 5) is 14.2. The number of hydrogen-bond donors (Lipinski definition) is 1. The van der Waals surface area contributed by atoms with Gasteiger partial charge < -0.3 is 10.7 Å². The number of rotatable bonds is 5. The topological polar surface area (TPSA) is 77.0 Å². The number of amides is 1. The summed E-state index contributed by atoms with van der Waals surface area (Å²) in [5, 5.41) is 8.78. The fourth-order valence-corrected chi connectivity index (χ4v) is 3.07. The van der Waals surface area contributed by atoms with Gasteiger partial charge in [0.05, 0.1) is 11.8 Å². The molecule has 0 saturated heterocycles. The maximum Gasteiger partial charge on any atom is 0.233 e. The summed E-state index contributed by atoms with van der Waals surface area (Å²) in [5.74, 6) is 7.04. The van der Waals surface area contributed by atoms with Crippen molar-refractivity contribution >= 4 is 17.7 Å². The molecular formula is C17H25N5OS. The van der Waals surface area contributed by atoms with E-state index in [1.807, 2.05) is 65.1 Å². The van der Waals surface area contributed by atoms with Crippen LogP contribution >= 0.6 is 11.8 Å². The molecule has 24 heavy (non-hydrogen) atoms. The van der Waals surface area contributed by atoms with Gasteiger partial charge in [0.1, 0.15) is 0 Å². The van der Waals surface area contributed by atoms with Crippen LogP contribution in [0.5, 0.6) is 0 Å². The zero-order chi connectivity index (χ0) is 17.9.